The molecular weight excluding hydrogens is 232 g/mol. The highest BCUT2D eigenvalue weighted by atomic mass is 16.6. The number of hydrogen-bond acceptors (Lipinski definition) is 4. The highest BCUT2D eigenvalue weighted by molar-refractivity contribution is 5.68. The van der Waals surface area contributed by atoms with Gasteiger partial charge in [0.25, 0.3) is 0 Å². The zero-order chi connectivity index (χ0) is 13.5. The van der Waals surface area contributed by atoms with Gasteiger partial charge in [-0.2, -0.15) is 0 Å². The summed E-state index contributed by atoms with van der Waals surface area (Å²) in [5.74, 6) is 0.429. The Morgan fingerprint density at radius 2 is 2.28 bits per heavy atom. The molecule has 0 radical (unpaired) electrons. The van der Waals surface area contributed by atoms with Crippen LogP contribution in [0.15, 0.2) is 12.3 Å². The van der Waals surface area contributed by atoms with Crippen molar-refractivity contribution < 1.29 is 14.3 Å². The third kappa shape index (κ3) is 4.66. The Kier molecular flexibility index (Phi) is 6.15. The van der Waals surface area contributed by atoms with Crippen molar-refractivity contribution >= 4 is 6.09 Å². The van der Waals surface area contributed by atoms with Crippen molar-refractivity contribution in [3.05, 3.63) is 12.3 Å². The van der Waals surface area contributed by atoms with Crippen LogP contribution in [0, 0.1) is 0 Å². The number of likely N-dealkylation sites (tertiary alicyclic amines) is 1. The fourth-order valence-electron chi connectivity index (χ4n) is 2.04. The van der Waals surface area contributed by atoms with Gasteiger partial charge in [-0.15, -0.1) is 0 Å². The minimum Gasteiger partial charge on any atom is -0.416 e. The summed E-state index contributed by atoms with van der Waals surface area (Å²) < 4.78 is 10.3. The van der Waals surface area contributed by atoms with Crippen LogP contribution < -0.4 is 0 Å². The SMILES string of the molecule is C=C(C)OC(=O)N(C)C1CCN(CCOCC)C1. The number of hydrogen-bond donors (Lipinski definition) is 0. The fourth-order valence-corrected chi connectivity index (χ4v) is 2.04. The van der Waals surface area contributed by atoms with E-state index in [1.807, 2.05) is 6.92 Å². The molecule has 0 saturated carbocycles. The maximum Gasteiger partial charge on any atom is 0.414 e. The number of ether oxygens (including phenoxy) is 2. The van der Waals surface area contributed by atoms with E-state index >= 15 is 0 Å². The molecule has 5 heteroatoms. The van der Waals surface area contributed by atoms with Crippen molar-refractivity contribution in [3.63, 3.8) is 0 Å². The van der Waals surface area contributed by atoms with Crippen LogP contribution in [0.1, 0.15) is 20.3 Å². The minimum absolute atomic E-state index is 0.221. The number of allylic oxidation sites excluding steroid dienone is 1. The molecule has 0 aromatic carbocycles. The molecule has 18 heavy (non-hydrogen) atoms. The van der Waals surface area contributed by atoms with E-state index in [-0.39, 0.29) is 12.1 Å². The van der Waals surface area contributed by atoms with Gasteiger partial charge in [-0.05, 0) is 20.3 Å². The molecule has 0 bridgehead atoms. The van der Waals surface area contributed by atoms with E-state index in [0.717, 1.165) is 39.3 Å². The van der Waals surface area contributed by atoms with Crippen molar-refractivity contribution in [2.24, 2.45) is 0 Å². The van der Waals surface area contributed by atoms with Gasteiger partial charge in [0.1, 0.15) is 0 Å². The van der Waals surface area contributed by atoms with Gasteiger partial charge in [0, 0.05) is 39.3 Å². The van der Waals surface area contributed by atoms with Crippen LogP contribution in [-0.2, 0) is 9.47 Å². The quantitative estimate of drug-likeness (QED) is 0.536. The lowest BCUT2D eigenvalue weighted by Gasteiger charge is -2.24. The molecule has 1 rings (SSSR count). The summed E-state index contributed by atoms with van der Waals surface area (Å²) in [5, 5.41) is 0. The lowest BCUT2D eigenvalue weighted by Crippen LogP contribution is -2.39. The van der Waals surface area contributed by atoms with Crippen molar-refractivity contribution in [2.75, 3.05) is 39.9 Å². The molecule has 0 aromatic rings. The summed E-state index contributed by atoms with van der Waals surface area (Å²) in [6.45, 7) is 11.6. The number of carbonyl (C=O) groups is 1. The van der Waals surface area contributed by atoms with Gasteiger partial charge in [-0.1, -0.05) is 6.58 Å². The zero-order valence-electron chi connectivity index (χ0n) is 11.6. The highest BCUT2D eigenvalue weighted by Crippen LogP contribution is 2.15. The Bertz CT molecular complexity index is 294. The van der Waals surface area contributed by atoms with Gasteiger partial charge in [-0.25, -0.2) is 4.79 Å². The molecule has 104 valence electrons. The molecule has 1 aliphatic rings. The van der Waals surface area contributed by atoms with Crippen molar-refractivity contribution in [2.45, 2.75) is 26.3 Å². The van der Waals surface area contributed by atoms with Crippen molar-refractivity contribution in [1.29, 1.82) is 0 Å². The second-order valence-corrected chi connectivity index (χ2v) is 4.62. The second kappa shape index (κ2) is 7.38. The monoisotopic (exact) mass is 256 g/mol. The summed E-state index contributed by atoms with van der Waals surface area (Å²) >= 11 is 0. The molecule has 1 heterocycles. The van der Waals surface area contributed by atoms with E-state index in [9.17, 15) is 4.79 Å². The van der Waals surface area contributed by atoms with Gasteiger partial charge in [0.15, 0.2) is 0 Å². The maximum atomic E-state index is 11.7. The molecule has 1 saturated heterocycles. The Hall–Kier alpha value is -1.07. The lowest BCUT2D eigenvalue weighted by atomic mass is 10.2. The molecule has 0 aliphatic carbocycles. The minimum atomic E-state index is -0.320. The molecule has 1 atom stereocenters. The van der Waals surface area contributed by atoms with E-state index in [1.54, 1.807) is 18.9 Å². The number of likely N-dealkylation sites (N-methyl/N-ethyl adjacent to an activating group) is 1. The third-order valence-corrected chi connectivity index (χ3v) is 3.10. The number of nitrogens with zero attached hydrogens (tertiary/aromatic N) is 2. The van der Waals surface area contributed by atoms with E-state index in [0.29, 0.717) is 5.76 Å². The van der Waals surface area contributed by atoms with Crippen LogP contribution >= 0.6 is 0 Å². The topological polar surface area (TPSA) is 42.0 Å². The maximum absolute atomic E-state index is 11.7. The fraction of sp³-hybridized carbons (Fsp3) is 0.769. The van der Waals surface area contributed by atoms with Crippen molar-refractivity contribution in [1.82, 2.24) is 9.80 Å². The third-order valence-electron chi connectivity index (χ3n) is 3.10. The van der Waals surface area contributed by atoms with Crippen LogP contribution in [0.25, 0.3) is 0 Å². The summed E-state index contributed by atoms with van der Waals surface area (Å²) in [6.07, 6.45) is 0.660. The van der Waals surface area contributed by atoms with E-state index in [1.165, 1.54) is 0 Å². The van der Waals surface area contributed by atoms with Gasteiger partial charge < -0.3 is 14.4 Å². The average Bonchev–Trinajstić information content (AvgIpc) is 2.76. The molecule has 0 aromatic heterocycles. The molecule has 0 spiro atoms. The normalized spacial score (nSPS) is 19.8. The first kappa shape index (κ1) is 15.0. The smallest absolute Gasteiger partial charge is 0.414 e. The van der Waals surface area contributed by atoms with Crippen LogP contribution in [0.4, 0.5) is 4.79 Å². The largest absolute Gasteiger partial charge is 0.416 e. The number of carbonyl (C=O) groups excluding carboxylic acids is 1. The summed E-state index contributed by atoms with van der Waals surface area (Å²) in [5.41, 5.74) is 0. The summed E-state index contributed by atoms with van der Waals surface area (Å²) in [6, 6.07) is 0.221. The second-order valence-electron chi connectivity index (χ2n) is 4.62. The number of rotatable bonds is 6. The van der Waals surface area contributed by atoms with Crippen LogP contribution in [-0.4, -0.2) is 61.8 Å². The molecule has 1 amide bonds. The van der Waals surface area contributed by atoms with E-state index in [2.05, 4.69) is 11.5 Å². The first-order valence-electron chi connectivity index (χ1n) is 6.44. The Morgan fingerprint density at radius 3 is 2.89 bits per heavy atom. The molecular formula is C13H24N2O3. The molecule has 0 N–H and O–H groups in total. The average molecular weight is 256 g/mol. The molecule has 1 fully saturated rings. The lowest BCUT2D eigenvalue weighted by molar-refractivity contribution is 0.111. The predicted molar refractivity (Wildman–Crippen MR) is 70.4 cm³/mol. The summed E-state index contributed by atoms with van der Waals surface area (Å²) in [7, 11) is 1.78. The Labute approximate surface area is 109 Å². The standard InChI is InChI=1S/C13H24N2O3/c1-5-17-9-8-15-7-6-12(10-15)14(4)13(16)18-11(2)3/h12H,2,5-10H2,1,3-4H3. The Morgan fingerprint density at radius 1 is 1.56 bits per heavy atom. The van der Waals surface area contributed by atoms with Crippen molar-refractivity contribution in [3.8, 4) is 0 Å². The van der Waals surface area contributed by atoms with Gasteiger partial charge in [0.05, 0.1) is 12.4 Å². The zero-order valence-corrected chi connectivity index (χ0v) is 11.6. The molecule has 5 nitrogen and oxygen atoms in total. The predicted octanol–water partition coefficient (Wildman–Crippen LogP) is 1.70. The van der Waals surface area contributed by atoms with Gasteiger partial charge >= 0.3 is 6.09 Å². The van der Waals surface area contributed by atoms with E-state index < -0.39 is 0 Å². The molecule has 1 aliphatic heterocycles. The number of amides is 1. The van der Waals surface area contributed by atoms with Crippen LogP contribution in [0.5, 0.6) is 0 Å². The molecule has 1 unspecified atom stereocenters. The first-order valence-corrected chi connectivity index (χ1v) is 6.44. The van der Waals surface area contributed by atoms with Gasteiger partial charge in [-0.3, -0.25) is 4.90 Å². The first-order chi connectivity index (χ1) is 8.54. The highest BCUT2D eigenvalue weighted by Gasteiger charge is 2.28. The Balaban J connectivity index is 2.31. The van der Waals surface area contributed by atoms with E-state index in [4.69, 9.17) is 9.47 Å². The van der Waals surface area contributed by atoms with Gasteiger partial charge in [0.2, 0.25) is 0 Å². The van der Waals surface area contributed by atoms with Crippen LogP contribution in [0.3, 0.4) is 0 Å². The summed E-state index contributed by atoms with van der Waals surface area (Å²) in [4.78, 5) is 15.7. The van der Waals surface area contributed by atoms with Crippen LogP contribution in [0.2, 0.25) is 0 Å².